The molecule has 1 heterocycles. The van der Waals surface area contributed by atoms with Gasteiger partial charge in [0.1, 0.15) is 18.0 Å². The minimum absolute atomic E-state index is 0.323. The van der Waals surface area contributed by atoms with E-state index in [1.165, 1.54) is 6.33 Å². The van der Waals surface area contributed by atoms with Crippen molar-refractivity contribution in [2.75, 3.05) is 17.3 Å². The predicted molar refractivity (Wildman–Crippen MR) is 71.9 cm³/mol. The van der Waals surface area contributed by atoms with Crippen molar-refractivity contribution < 1.29 is 0 Å². The number of anilines is 2. The van der Waals surface area contributed by atoms with Crippen LogP contribution in [0.25, 0.3) is 0 Å². The van der Waals surface area contributed by atoms with Gasteiger partial charge in [0.05, 0.1) is 0 Å². The lowest BCUT2D eigenvalue weighted by atomic mass is 10.0. The highest BCUT2D eigenvalue weighted by Crippen LogP contribution is 2.27. The van der Waals surface area contributed by atoms with Crippen LogP contribution in [0.3, 0.4) is 0 Å². The summed E-state index contributed by atoms with van der Waals surface area (Å²) in [5.74, 6) is 8.04. The summed E-state index contributed by atoms with van der Waals surface area (Å²) in [5, 5.41) is 3.35. The van der Waals surface area contributed by atoms with E-state index < -0.39 is 0 Å². The smallest absolute Gasteiger partial charge is 0.148 e. The van der Waals surface area contributed by atoms with Gasteiger partial charge in [-0.2, -0.15) is 0 Å². The molecule has 96 valence electrons. The first-order valence-corrected chi connectivity index (χ1v) is 6.11. The fraction of sp³-hybridized carbons (Fsp3) is 0.667. The third-order valence-corrected chi connectivity index (χ3v) is 2.61. The van der Waals surface area contributed by atoms with E-state index in [4.69, 9.17) is 5.84 Å². The molecular formula is C12H23N5. The highest BCUT2D eigenvalue weighted by atomic mass is 15.3. The van der Waals surface area contributed by atoms with Gasteiger partial charge in [-0.25, -0.2) is 15.8 Å². The van der Waals surface area contributed by atoms with Crippen LogP contribution in [-0.4, -0.2) is 16.5 Å². The fourth-order valence-electron chi connectivity index (χ4n) is 1.68. The van der Waals surface area contributed by atoms with Gasteiger partial charge in [0.2, 0.25) is 0 Å². The van der Waals surface area contributed by atoms with Gasteiger partial charge >= 0.3 is 0 Å². The highest BCUT2D eigenvalue weighted by Gasteiger charge is 2.13. The molecule has 0 saturated heterocycles. The molecule has 0 aromatic carbocycles. The summed E-state index contributed by atoms with van der Waals surface area (Å²) >= 11 is 0. The van der Waals surface area contributed by atoms with Crippen LogP contribution in [-0.2, 0) is 0 Å². The number of rotatable bonds is 6. The third-order valence-electron chi connectivity index (χ3n) is 2.61. The maximum atomic E-state index is 5.47. The average molecular weight is 237 g/mol. The summed E-state index contributed by atoms with van der Waals surface area (Å²) in [5.41, 5.74) is 3.67. The van der Waals surface area contributed by atoms with Crippen LogP contribution in [0.5, 0.6) is 0 Å². The maximum absolute atomic E-state index is 5.47. The van der Waals surface area contributed by atoms with E-state index in [1.807, 2.05) is 0 Å². The Kier molecular flexibility index (Phi) is 5.15. The summed E-state index contributed by atoms with van der Waals surface area (Å²) in [7, 11) is 0. The summed E-state index contributed by atoms with van der Waals surface area (Å²) < 4.78 is 0. The minimum atomic E-state index is 0.323. The Morgan fingerprint density at radius 2 is 1.82 bits per heavy atom. The Bertz CT molecular complexity index is 349. The molecule has 1 aromatic rings. The number of nitrogen functional groups attached to an aromatic ring is 1. The average Bonchev–Trinajstić information content (AvgIpc) is 2.27. The second-order valence-electron chi connectivity index (χ2n) is 4.89. The number of aromatic nitrogens is 2. The molecule has 0 aliphatic rings. The van der Waals surface area contributed by atoms with E-state index in [2.05, 4.69) is 48.4 Å². The summed E-state index contributed by atoms with van der Waals surface area (Å²) in [6, 6.07) is 0. The highest BCUT2D eigenvalue weighted by molar-refractivity contribution is 5.58. The van der Waals surface area contributed by atoms with Gasteiger partial charge in [0.25, 0.3) is 0 Å². The van der Waals surface area contributed by atoms with Crippen molar-refractivity contribution in [2.24, 2.45) is 11.8 Å². The van der Waals surface area contributed by atoms with E-state index in [-0.39, 0.29) is 0 Å². The minimum Gasteiger partial charge on any atom is -0.370 e. The van der Waals surface area contributed by atoms with Crippen molar-refractivity contribution in [3.63, 3.8) is 0 Å². The normalized spacial score (nSPS) is 11.0. The first kappa shape index (κ1) is 13.7. The van der Waals surface area contributed by atoms with E-state index in [0.717, 1.165) is 24.3 Å². The van der Waals surface area contributed by atoms with Crippen LogP contribution in [0.15, 0.2) is 6.33 Å². The molecule has 0 aliphatic heterocycles. The Morgan fingerprint density at radius 3 is 2.35 bits per heavy atom. The Labute approximate surface area is 103 Å². The zero-order valence-corrected chi connectivity index (χ0v) is 11.1. The van der Waals surface area contributed by atoms with Crippen LogP contribution in [0.2, 0.25) is 0 Å². The zero-order chi connectivity index (χ0) is 12.8. The first-order valence-electron chi connectivity index (χ1n) is 6.11. The quantitative estimate of drug-likeness (QED) is 0.523. The molecular weight excluding hydrogens is 214 g/mol. The molecule has 0 aliphatic carbocycles. The molecule has 4 N–H and O–H groups in total. The number of nitrogens with one attached hydrogen (secondary N) is 2. The molecule has 0 atom stereocenters. The van der Waals surface area contributed by atoms with Gasteiger partial charge in [0.15, 0.2) is 0 Å². The zero-order valence-electron chi connectivity index (χ0n) is 11.1. The second-order valence-corrected chi connectivity index (χ2v) is 4.89. The molecule has 0 fully saturated rings. The molecule has 0 amide bonds. The fourth-order valence-corrected chi connectivity index (χ4v) is 1.68. The number of nitrogens with zero attached hydrogens (tertiary/aromatic N) is 2. The van der Waals surface area contributed by atoms with Crippen LogP contribution in [0.1, 0.15) is 45.6 Å². The summed E-state index contributed by atoms with van der Waals surface area (Å²) in [6.07, 6.45) is 2.64. The standard InChI is InChI=1S/C12H23N5/c1-8(2)5-6-14-11-10(9(3)4)12(17-13)16-7-15-11/h7-9H,5-6,13H2,1-4H3,(H2,14,15,16,17). The Morgan fingerprint density at radius 1 is 1.18 bits per heavy atom. The lowest BCUT2D eigenvalue weighted by Gasteiger charge is -2.16. The topological polar surface area (TPSA) is 75.9 Å². The molecule has 1 rings (SSSR count). The molecule has 17 heavy (non-hydrogen) atoms. The van der Waals surface area contributed by atoms with Crippen molar-refractivity contribution in [3.8, 4) is 0 Å². The molecule has 5 nitrogen and oxygen atoms in total. The van der Waals surface area contributed by atoms with Crippen LogP contribution in [0, 0.1) is 5.92 Å². The lowest BCUT2D eigenvalue weighted by Crippen LogP contribution is -2.16. The van der Waals surface area contributed by atoms with E-state index in [9.17, 15) is 0 Å². The Hall–Kier alpha value is -1.36. The van der Waals surface area contributed by atoms with Gasteiger partial charge in [-0.1, -0.05) is 27.7 Å². The van der Waals surface area contributed by atoms with E-state index >= 15 is 0 Å². The number of hydrogen-bond donors (Lipinski definition) is 3. The monoisotopic (exact) mass is 237 g/mol. The third kappa shape index (κ3) is 3.85. The van der Waals surface area contributed by atoms with Gasteiger partial charge in [-0.15, -0.1) is 0 Å². The van der Waals surface area contributed by atoms with E-state index in [0.29, 0.717) is 17.7 Å². The van der Waals surface area contributed by atoms with Crippen molar-refractivity contribution in [2.45, 2.75) is 40.0 Å². The predicted octanol–water partition coefficient (Wildman–Crippen LogP) is 2.34. The molecule has 5 heteroatoms. The SMILES string of the molecule is CC(C)CCNc1ncnc(NN)c1C(C)C. The molecule has 0 spiro atoms. The molecule has 0 saturated carbocycles. The summed E-state index contributed by atoms with van der Waals surface area (Å²) in [4.78, 5) is 8.42. The number of hydrazine groups is 1. The van der Waals surface area contributed by atoms with Crippen molar-refractivity contribution >= 4 is 11.6 Å². The number of nitrogens with two attached hydrogens (primary N) is 1. The van der Waals surface area contributed by atoms with Crippen LogP contribution >= 0.6 is 0 Å². The van der Waals surface area contributed by atoms with Crippen LogP contribution < -0.4 is 16.6 Å². The maximum Gasteiger partial charge on any atom is 0.148 e. The van der Waals surface area contributed by atoms with Crippen LogP contribution in [0.4, 0.5) is 11.6 Å². The van der Waals surface area contributed by atoms with Crippen molar-refractivity contribution in [1.29, 1.82) is 0 Å². The van der Waals surface area contributed by atoms with Gasteiger partial charge in [-0.3, -0.25) is 0 Å². The molecule has 0 radical (unpaired) electrons. The van der Waals surface area contributed by atoms with Gasteiger partial charge in [-0.05, 0) is 18.3 Å². The molecule has 0 bridgehead atoms. The second kappa shape index (κ2) is 6.39. The lowest BCUT2D eigenvalue weighted by molar-refractivity contribution is 0.606. The van der Waals surface area contributed by atoms with Gasteiger partial charge < -0.3 is 10.7 Å². The Balaban J connectivity index is 2.83. The van der Waals surface area contributed by atoms with E-state index in [1.54, 1.807) is 0 Å². The first-order chi connectivity index (χ1) is 8.06. The van der Waals surface area contributed by atoms with Crippen molar-refractivity contribution in [3.05, 3.63) is 11.9 Å². The molecule has 1 aromatic heterocycles. The number of hydrogen-bond acceptors (Lipinski definition) is 5. The largest absolute Gasteiger partial charge is 0.370 e. The van der Waals surface area contributed by atoms with Crippen molar-refractivity contribution in [1.82, 2.24) is 9.97 Å². The molecule has 0 unspecified atom stereocenters. The summed E-state index contributed by atoms with van der Waals surface area (Å²) in [6.45, 7) is 9.54. The van der Waals surface area contributed by atoms with Gasteiger partial charge in [0, 0.05) is 12.1 Å².